The lowest BCUT2D eigenvalue weighted by Crippen LogP contribution is -2.39. The number of phosphoric ester groups is 1. The van der Waals surface area contributed by atoms with Gasteiger partial charge in [0.1, 0.15) is 17.9 Å². The van der Waals surface area contributed by atoms with Gasteiger partial charge in [0.25, 0.3) is 0 Å². The van der Waals surface area contributed by atoms with Crippen molar-refractivity contribution in [3.63, 3.8) is 0 Å². The minimum absolute atomic E-state index is 0.193. The number of nitrogens with zero attached hydrogens (tertiary/aromatic N) is 4. The largest absolute Gasteiger partial charge is 0.469 e. The number of imidazole rings is 1. The second-order valence-electron chi connectivity index (χ2n) is 5.48. The number of aliphatic hydroxyl groups excluding tert-OH is 1. The van der Waals surface area contributed by atoms with E-state index in [2.05, 4.69) is 32.1 Å². The summed E-state index contributed by atoms with van der Waals surface area (Å²) in [6.07, 6.45) is 0.563. The van der Waals surface area contributed by atoms with Crippen molar-refractivity contribution in [1.82, 2.24) is 19.5 Å². The first-order valence-corrected chi connectivity index (χ1v) is 8.86. The molecule has 3 heterocycles. The zero-order valence-corrected chi connectivity index (χ0v) is 14.2. The van der Waals surface area contributed by atoms with Crippen molar-refractivity contribution in [1.29, 1.82) is 0 Å². The Morgan fingerprint density at radius 3 is 2.88 bits per heavy atom. The van der Waals surface area contributed by atoms with Crippen LogP contribution in [0.3, 0.4) is 0 Å². The third-order valence-corrected chi connectivity index (χ3v) is 5.16. The molecule has 0 amide bonds. The number of ether oxygens (including phenoxy) is 1. The molecular weight excluding hydrogens is 361 g/mol. The fourth-order valence-electron chi connectivity index (χ4n) is 2.65. The number of hydrogen-bond donors (Lipinski definition) is 5. The third-order valence-electron chi connectivity index (χ3n) is 3.89. The van der Waals surface area contributed by atoms with Crippen LogP contribution in [0.2, 0.25) is 0 Å². The number of hydrogen-bond acceptors (Lipinski definition) is 9. The lowest BCUT2D eigenvalue weighted by atomic mass is 10.1. The highest BCUT2D eigenvalue weighted by Gasteiger charge is 2.52. The van der Waals surface area contributed by atoms with Gasteiger partial charge < -0.3 is 25.4 Å². The SMILES string of the molecule is C[C@@]1(n2cnc3c(N)ncnc32)O[C@H](COP(=O)(O)O)[C@@H](O)[C@H]1S. The number of rotatable bonds is 4. The molecule has 3 rings (SSSR count). The maximum absolute atomic E-state index is 10.8. The molecule has 0 spiro atoms. The molecule has 1 aliphatic rings. The molecule has 5 N–H and O–H groups in total. The Bertz CT molecular complexity index is 813. The molecule has 0 saturated carbocycles. The van der Waals surface area contributed by atoms with E-state index in [-0.39, 0.29) is 5.82 Å². The summed E-state index contributed by atoms with van der Waals surface area (Å²) in [7, 11) is -4.68. The smallest absolute Gasteiger partial charge is 0.389 e. The van der Waals surface area contributed by atoms with Gasteiger partial charge in [-0.1, -0.05) is 0 Å². The molecule has 24 heavy (non-hydrogen) atoms. The van der Waals surface area contributed by atoms with Crippen LogP contribution < -0.4 is 5.73 Å². The summed E-state index contributed by atoms with van der Waals surface area (Å²) >= 11 is 4.38. The Kier molecular flexibility index (Phi) is 4.33. The molecular formula is C11H16N5O6PS. The van der Waals surface area contributed by atoms with Gasteiger partial charge in [0.15, 0.2) is 17.2 Å². The number of nitrogen functional groups attached to an aromatic ring is 1. The van der Waals surface area contributed by atoms with Crippen molar-refractivity contribution in [2.24, 2.45) is 0 Å². The number of fused-ring (bicyclic) bond motifs is 1. The summed E-state index contributed by atoms with van der Waals surface area (Å²) in [6, 6.07) is 0. The van der Waals surface area contributed by atoms with E-state index in [1.165, 1.54) is 12.7 Å². The summed E-state index contributed by atoms with van der Waals surface area (Å²) < 4.78 is 22.6. The van der Waals surface area contributed by atoms with Gasteiger partial charge in [0, 0.05) is 0 Å². The summed E-state index contributed by atoms with van der Waals surface area (Å²) in [5.41, 5.74) is 5.31. The van der Waals surface area contributed by atoms with Crippen molar-refractivity contribution in [2.75, 3.05) is 12.3 Å². The maximum atomic E-state index is 10.8. The highest BCUT2D eigenvalue weighted by Crippen LogP contribution is 2.43. The second-order valence-corrected chi connectivity index (χ2v) is 7.27. The fraction of sp³-hybridized carbons (Fsp3) is 0.545. The minimum Gasteiger partial charge on any atom is -0.389 e. The van der Waals surface area contributed by atoms with E-state index < -0.39 is 37.6 Å². The molecule has 4 atom stereocenters. The average molecular weight is 377 g/mol. The molecule has 2 aromatic rings. The van der Waals surface area contributed by atoms with Gasteiger partial charge in [-0.15, -0.1) is 0 Å². The molecule has 1 saturated heterocycles. The normalized spacial score (nSPS) is 31.0. The van der Waals surface area contributed by atoms with Crippen molar-refractivity contribution in [3.8, 4) is 0 Å². The molecule has 0 bridgehead atoms. The zero-order chi connectivity index (χ0) is 17.7. The first kappa shape index (κ1) is 17.5. The van der Waals surface area contributed by atoms with Crippen LogP contribution >= 0.6 is 20.5 Å². The summed E-state index contributed by atoms with van der Waals surface area (Å²) in [6.45, 7) is 1.15. The fourth-order valence-corrected chi connectivity index (χ4v) is 3.36. The van der Waals surface area contributed by atoms with Crippen molar-refractivity contribution < 1.29 is 28.7 Å². The molecule has 13 heteroatoms. The first-order valence-electron chi connectivity index (χ1n) is 6.81. The molecule has 2 aromatic heterocycles. The Morgan fingerprint density at radius 1 is 1.50 bits per heavy atom. The molecule has 132 valence electrons. The van der Waals surface area contributed by atoms with Crippen LogP contribution in [-0.4, -0.2) is 58.5 Å². The Labute approximate surface area is 141 Å². The number of thiol groups is 1. The predicted octanol–water partition coefficient (Wildman–Crippen LogP) is -0.751. The van der Waals surface area contributed by atoms with E-state index in [4.69, 9.17) is 20.3 Å². The monoisotopic (exact) mass is 377 g/mol. The Hall–Kier alpha value is -1.27. The molecule has 11 nitrogen and oxygen atoms in total. The topological polar surface area (TPSA) is 166 Å². The molecule has 0 aliphatic carbocycles. The van der Waals surface area contributed by atoms with Crippen LogP contribution in [-0.2, 0) is 19.6 Å². The minimum atomic E-state index is -4.68. The Morgan fingerprint density at radius 2 is 2.21 bits per heavy atom. The number of aliphatic hydroxyl groups is 1. The van der Waals surface area contributed by atoms with Crippen LogP contribution in [0.5, 0.6) is 0 Å². The van der Waals surface area contributed by atoms with Gasteiger partial charge in [0.05, 0.1) is 24.3 Å². The van der Waals surface area contributed by atoms with E-state index in [1.807, 2.05) is 0 Å². The van der Waals surface area contributed by atoms with Crippen LogP contribution in [0.15, 0.2) is 12.7 Å². The van der Waals surface area contributed by atoms with Crippen LogP contribution in [0.1, 0.15) is 6.92 Å². The third kappa shape index (κ3) is 2.90. The average Bonchev–Trinajstić information content (AvgIpc) is 3.02. The van der Waals surface area contributed by atoms with Crippen LogP contribution in [0, 0.1) is 0 Å². The van der Waals surface area contributed by atoms with Crippen molar-refractivity contribution in [2.45, 2.75) is 30.1 Å². The molecule has 1 fully saturated rings. The van der Waals surface area contributed by atoms with E-state index >= 15 is 0 Å². The maximum Gasteiger partial charge on any atom is 0.469 e. The molecule has 1 aliphatic heterocycles. The van der Waals surface area contributed by atoms with Crippen molar-refractivity contribution in [3.05, 3.63) is 12.7 Å². The predicted molar refractivity (Wildman–Crippen MR) is 85.0 cm³/mol. The highest BCUT2D eigenvalue weighted by atomic mass is 32.1. The number of phosphoric acid groups is 1. The summed E-state index contributed by atoms with van der Waals surface area (Å²) in [5.74, 6) is 0.193. The van der Waals surface area contributed by atoms with Gasteiger partial charge >= 0.3 is 7.82 Å². The van der Waals surface area contributed by atoms with Crippen LogP contribution in [0.25, 0.3) is 11.2 Å². The van der Waals surface area contributed by atoms with Crippen molar-refractivity contribution >= 4 is 37.4 Å². The highest BCUT2D eigenvalue weighted by molar-refractivity contribution is 7.81. The first-order chi connectivity index (χ1) is 11.1. The van der Waals surface area contributed by atoms with E-state index in [0.29, 0.717) is 11.2 Å². The van der Waals surface area contributed by atoms with Gasteiger partial charge in [-0.25, -0.2) is 19.5 Å². The van der Waals surface area contributed by atoms with Gasteiger partial charge in [0.2, 0.25) is 0 Å². The lowest BCUT2D eigenvalue weighted by Gasteiger charge is -2.30. The number of nitrogens with two attached hydrogens (primary N) is 1. The summed E-state index contributed by atoms with van der Waals surface area (Å²) in [5, 5.41) is 9.55. The standard InChI is InChI=1S/C11H16N5O6PS/c1-11(16-4-15-6-9(12)13-3-14-10(6)16)8(24)7(17)5(22-11)2-21-23(18,19)20/h3-5,7-8,17,24H,2H2,1H3,(H2,12,13,14)(H2,18,19,20)/t5-,7-,8-,11-/m1/s1. The van der Waals surface area contributed by atoms with E-state index in [0.717, 1.165) is 0 Å². The quantitative estimate of drug-likeness (QED) is 0.338. The second kappa shape index (κ2) is 5.92. The van der Waals surface area contributed by atoms with E-state index in [1.54, 1.807) is 11.5 Å². The lowest BCUT2D eigenvalue weighted by molar-refractivity contribution is -0.101. The number of anilines is 1. The zero-order valence-electron chi connectivity index (χ0n) is 12.4. The number of aromatic nitrogens is 4. The van der Waals surface area contributed by atoms with Gasteiger partial charge in [-0.3, -0.25) is 9.09 Å². The van der Waals surface area contributed by atoms with Crippen LogP contribution in [0.4, 0.5) is 5.82 Å². The molecule has 0 unspecified atom stereocenters. The van der Waals surface area contributed by atoms with Gasteiger partial charge in [-0.2, -0.15) is 12.6 Å². The van der Waals surface area contributed by atoms with E-state index in [9.17, 15) is 9.67 Å². The van der Waals surface area contributed by atoms with Gasteiger partial charge in [-0.05, 0) is 6.92 Å². The Balaban J connectivity index is 1.94. The summed E-state index contributed by atoms with van der Waals surface area (Å²) in [4.78, 5) is 29.7. The molecule has 0 radical (unpaired) electrons. The molecule has 0 aromatic carbocycles.